The molecule has 0 saturated heterocycles. The van der Waals surface area contributed by atoms with Gasteiger partial charge in [0.1, 0.15) is 0 Å². The average molecular weight is 270 g/mol. The van der Waals surface area contributed by atoms with Crippen LogP contribution in [-0.4, -0.2) is 16.3 Å². The zero-order chi connectivity index (χ0) is 14.7. The molecule has 0 spiro atoms. The van der Waals surface area contributed by atoms with Crippen LogP contribution in [0.1, 0.15) is 27.6 Å². The number of Topliss-reactive ketones (excluding diaryl/α,β-unsaturated/α-hetero) is 1. The van der Waals surface area contributed by atoms with E-state index >= 15 is 0 Å². The van der Waals surface area contributed by atoms with Crippen LogP contribution in [0.15, 0.2) is 47.4 Å². The molecule has 0 saturated carbocycles. The molecule has 1 N–H and O–H groups in total. The van der Waals surface area contributed by atoms with E-state index in [1.165, 1.54) is 23.8 Å². The van der Waals surface area contributed by atoms with Crippen molar-refractivity contribution in [3.63, 3.8) is 0 Å². The van der Waals surface area contributed by atoms with Crippen LogP contribution in [0, 0.1) is 0 Å². The van der Waals surface area contributed by atoms with E-state index in [-0.39, 0.29) is 17.2 Å². The molecule has 1 amide bonds. The van der Waals surface area contributed by atoms with Gasteiger partial charge in [0.2, 0.25) is 0 Å². The van der Waals surface area contributed by atoms with Crippen molar-refractivity contribution in [2.45, 2.75) is 6.92 Å². The smallest absolute Gasteiger partial charge is 0.255 e. The summed E-state index contributed by atoms with van der Waals surface area (Å²) in [5.74, 6) is -0.396. The highest BCUT2D eigenvalue weighted by molar-refractivity contribution is 6.04. The number of nitrogens with zero attached hydrogens (tertiary/aromatic N) is 1. The number of nitrogens with one attached hydrogen (secondary N) is 1. The van der Waals surface area contributed by atoms with Crippen molar-refractivity contribution in [3.05, 3.63) is 64.1 Å². The van der Waals surface area contributed by atoms with Gasteiger partial charge in [-0.05, 0) is 37.3 Å². The fourth-order valence-electron chi connectivity index (χ4n) is 1.68. The highest BCUT2D eigenvalue weighted by Crippen LogP contribution is 2.11. The molecule has 0 aliphatic heterocycles. The Morgan fingerprint density at radius 3 is 2.25 bits per heavy atom. The Labute approximate surface area is 115 Å². The van der Waals surface area contributed by atoms with E-state index in [1.807, 2.05) is 0 Å². The maximum Gasteiger partial charge on any atom is 0.255 e. The summed E-state index contributed by atoms with van der Waals surface area (Å²) in [4.78, 5) is 34.6. The molecule has 2 rings (SSSR count). The second kappa shape index (κ2) is 5.52. The quantitative estimate of drug-likeness (QED) is 0.865. The van der Waals surface area contributed by atoms with Gasteiger partial charge in [-0.3, -0.25) is 14.4 Å². The van der Waals surface area contributed by atoms with Crippen molar-refractivity contribution in [1.29, 1.82) is 0 Å². The predicted octanol–water partition coefficient (Wildman–Crippen LogP) is 1.84. The Morgan fingerprint density at radius 2 is 1.70 bits per heavy atom. The molecule has 0 aliphatic carbocycles. The summed E-state index contributed by atoms with van der Waals surface area (Å²) in [7, 11) is 1.62. The number of aromatic nitrogens is 1. The van der Waals surface area contributed by atoms with Crippen LogP contribution >= 0.6 is 0 Å². The number of anilines is 1. The fraction of sp³-hybridized carbons (Fsp3) is 0.133. The minimum absolute atomic E-state index is 0.0329. The Balaban J connectivity index is 2.16. The second-order valence-electron chi connectivity index (χ2n) is 4.45. The summed E-state index contributed by atoms with van der Waals surface area (Å²) in [6.45, 7) is 1.48. The molecule has 0 bridgehead atoms. The molecule has 1 aromatic carbocycles. The lowest BCUT2D eigenvalue weighted by molar-refractivity contribution is 0.101. The largest absolute Gasteiger partial charge is 0.322 e. The third kappa shape index (κ3) is 3.00. The van der Waals surface area contributed by atoms with E-state index in [2.05, 4.69) is 5.32 Å². The highest BCUT2D eigenvalue weighted by atomic mass is 16.2. The summed E-state index contributed by atoms with van der Waals surface area (Å²) in [6.07, 6.45) is 1.54. The summed E-state index contributed by atoms with van der Waals surface area (Å²) < 4.78 is 1.39. The summed E-state index contributed by atoms with van der Waals surface area (Å²) in [5, 5.41) is 2.67. The standard InChI is InChI=1S/C15H14N2O3/c1-10(18)11-3-5-13(6-4-11)16-15(20)12-7-8-17(2)14(19)9-12/h3-9H,1-2H3,(H,16,20). The van der Waals surface area contributed by atoms with Gasteiger partial charge in [-0.15, -0.1) is 0 Å². The van der Waals surface area contributed by atoms with Crippen LogP contribution < -0.4 is 10.9 Å². The number of aryl methyl sites for hydroxylation is 1. The average Bonchev–Trinajstić information content (AvgIpc) is 2.42. The Kier molecular flexibility index (Phi) is 3.79. The highest BCUT2D eigenvalue weighted by Gasteiger charge is 2.07. The first-order valence-electron chi connectivity index (χ1n) is 6.06. The third-order valence-corrected chi connectivity index (χ3v) is 2.92. The lowest BCUT2D eigenvalue weighted by Gasteiger charge is -2.06. The SMILES string of the molecule is CC(=O)c1ccc(NC(=O)c2ccn(C)c(=O)c2)cc1. The second-order valence-corrected chi connectivity index (χ2v) is 4.45. The van der Waals surface area contributed by atoms with Gasteiger partial charge < -0.3 is 9.88 Å². The van der Waals surface area contributed by atoms with Crippen molar-refractivity contribution in [1.82, 2.24) is 4.57 Å². The van der Waals surface area contributed by atoms with E-state index in [4.69, 9.17) is 0 Å². The summed E-state index contributed by atoms with van der Waals surface area (Å²) >= 11 is 0. The maximum absolute atomic E-state index is 12.0. The normalized spacial score (nSPS) is 10.1. The van der Waals surface area contributed by atoms with Gasteiger partial charge in [-0.1, -0.05) is 0 Å². The Morgan fingerprint density at radius 1 is 1.05 bits per heavy atom. The number of carbonyl (C=O) groups is 2. The molecule has 0 atom stereocenters. The first-order valence-corrected chi connectivity index (χ1v) is 6.06. The van der Waals surface area contributed by atoms with Crippen LogP contribution in [0.4, 0.5) is 5.69 Å². The molecule has 0 aliphatic rings. The van der Waals surface area contributed by atoms with Gasteiger partial charge in [0.05, 0.1) is 0 Å². The number of benzene rings is 1. The number of hydrogen-bond acceptors (Lipinski definition) is 3. The Hall–Kier alpha value is -2.69. The zero-order valence-corrected chi connectivity index (χ0v) is 11.2. The zero-order valence-electron chi connectivity index (χ0n) is 11.2. The van der Waals surface area contributed by atoms with Gasteiger partial charge in [-0.25, -0.2) is 0 Å². The van der Waals surface area contributed by atoms with Gasteiger partial charge in [0.25, 0.3) is 11.5 Å². The van der Waals surface area contributed by atoms with Crippen LogP contribution in [0.2, 0.25) is 0 Å². The van der Waals surface area contributed by atoms with Gasteiger partial charge in [-0.2, -0.15) is 0 Å². The number of hydrogen-bond donors (Lipinski definition) is 1. The molecular formula is C15H14N2O3. The fourth-order valence-corrected chi connectivity index (χ4v) is 1.68. The molecule has 1 aromatic heterocycles. The van der Waals surface area contributed by atoms with E-state index in [0.717, 1.165) is 0 Å². The predicted molar refractivity (Wildman–Crippen MR) is 76.1 cm³/mol. The molecule has 0 radical (unpaired) electrons. The summed E-state index contributed by atoms with van der Waals surface area (Å²) in [6, 6.07) is 9.43. The molecule has 20 heavy (non-hydrogen) atoms. The number of ketones is 1. The van der Waals surface area contributed by atoms with E-state index < -0.39 is 0 Å². The van der Waals surface area contributed by atoms with Gasteiger partial charge in [0.15, 0.2) is 5.78 Å². The van der Waals surface area contributed by atoms with Crippen LogP contribution in [0.5, 0.6) is 0 Å². The molecule has 1 heterocycles. The molecule has 5 heteroatoms. The number of carbonyl (C=O) groups excluding carboxylic acids is 2. The lowest BCUT2D eigenvalue weighted by Crippen LogP contribution is -2.19. The monoisotopic (exact) mass is 270 g/mol. The van der Waals surface area contributed by atoms with Crippen molar-refractivity contribution in [2.75, 3.05) is 5.32 Å². The third-order valence-electron chi connectivity index (χ3n) is 2.92. The number of amides is 1. The maximum atomic E-state index is 12.0. The summed E-state index contributed by atoms with van der Waals surface area (Å²) in [5.41, 5.74) is 1.20. The van der Waals surface area contributed by atoms with Crippen molar-refractivity contribution < 1.29 is 9.59 Å². The number of rotatable bonds is 3. The first-order chi connectivity index (χ1) is 9.47. The first kappa shape index (κ1) is 13.7. The van der Waals surface area contributed by atoms with Gasteiger partial charge >= 0.3 is 0 Å². The lowest BCUT2D eigenvalue weighted by atomic mass is 10.1. The molecule has 102 valence electrons. The minimum Gasteiger partial charge on any atom is -0.322 e. The van der Waals surface area contributed by atoms with E-state index in [1.54, 1.807) is 37.4 Å². The topological polar surface area (TPSA) is 68.2 Å². The van der Waals surface area contributed by atoms with Crippen LogP contribution in [-0.2, 0) is 7.05 Å². The Bertz CT molecular complexity index is 715. The van der Waals surface area contributed by atoms with Crippen molar-refractivity contribution >= 4 is 17.4 Å². The molecular weight excluding hydrogens is 256 g/mol. The van der Waals surface area contributed by atoms with Crippen LogP contribution in [0.25, 0.3) is 0 Å². The van der Waals surface area contributed by atoms with Crippen molar-refractivity contribution in [2.24, 2.45) is 7.05 Å². The molecule has 5 nitrogen and oxygen atoms in total. The molecule has 0 fully saturated rings. The van der Waals surface area contributed by atoms with Crippen LogP contribution in [0.3, 0.4) is 0 Å². The van der Waals surface area contributed by atoms with Crippen molar-refractivity contribution in [3.8, 4) is 0 Å². The molecule has 2 aromatic rings. The van der Waals surface area contributed by atoms with Gasteiger partial charge in [0, 0.05) is 36.1 Å². The minimum atomic E-state index is -0.363. The van der Waals surface area contributed by atoms with E-state index in [9.17, 15) is 14.4 Å². The molecule has 0 unspecified atom stereocenters. The van der Waals surface area contributed by atoms with E-state index in [0.29, 0.717) is 16.8 Å². The number of pyridine rings is 1.